The van der Waals surface area contributed by atoms with Crippen LogP contribution in [0.1, 0.15) is 21.6 Å². The number of carboxylic acids is 1. The van der Waals surface area contributed by atoms with E-state index in [4.69, 9.17) is 5.11 Å². The van der Waals surface area contributed by atoms with Crippen LogP contribution >= 0.6 is 0 Å². The molecule has 1 heterocycles. The largest absolute Gasteiger partial charge is 0.477 e. The highest BCUT2D eigenvalue weighted by Gasteiger charge is 2.30. The highest BCUT2D eigenvalue weighted by molar-refractivity contribution is 5.88. The first-order chi connectivity index (χ1) is 9.71. The maximum absolute atomic E-state index is 12.5. The number of aromatic nitrogens is 2. The van der Waals surface area contributed by atoms with Gasteiger partial charge in [-0.25, -0.2) is 9.48 Å². The molecule has 0 spiro atoms. The third-order valence-corrected chi connectivity index (χ3v) is 2.87. The van der Waals surface area contributed by atoms with E-state index in [-0.39, 0.29) is 11.4 Å². The number of benzene rings is 1. The van der Waals surface area contributed by atoms with E-state index in [0.29, 0.717) is 0 Å². The van der Waals surface area contributed by atoms with E-state index in [9.17, 15) is 22.8 Å². The number of carboxylic acid groups (broad SMARTS) is 1. The minimum Gasteiger partial charge on any atom is -0.477 e. The summed E-state index contributed by atoms with van der Waals surface area (Å²) in [5.74, 6) is -1.42. The number of alkyl halides is 3. The molecule has 110 valence electrons. The van der Waals surface area contributed by atoms with Gasteiger partial charge in [0.15, 0.2) is 0 Å². The molecule has 2 rings (SSSR count). The number of aromatic carboxylic acids is 1. The molecule has 1 aromatic carbocycles. The first-order valence-electron chi connectivity index (χ1n) is 5.71. The molecule has 21 heavy (non-hydrogen) atoms. The molecule has 0 atom stereocenters. The summed E-state index contributed by atoms with van der Waals surface area (Å²) in [5, 5.41) is 12.7. The first kappa shape index (κ1) is 14.8. The van der Waals surface area contributed by atoms with Gasteiger partial charge < -0.3 is 5.11 Å². The van der Waals surface area contributed by atoms with Gasteiger partial charge >= 0.3 is 12.1 Å². The lowest BCUT2D eigenvalue weighted by molar-refractivity contribution is -0.137. The Morgan fingerprint density at radius 1 is 1.24 bits per heavy atom. The van der Waals surface area contributed by atoms with E-state index in [1.165, 1.54) is 6.92 Å². The van der Waals surface area contributed by atoms with E-state index in [1.54, 1.807) is 0 Å². The molecule has 2 aromatic rings. The van der Waals surface area contributed by atoms with Crippen molar-refractivity contribution in [1.82, 2.24) is 9.78 Å². The van der Waals surface area contributed by atoms with Gasteiger partial charge in [-0.05, 0) is 31.2 Å². The SMILES string of the molecule is Cc1c(C(=O)O)c(=O)cnn1-c1ccc(C(F)(F)F)cc1. The number of halogens is 3. The standard InChI is InChI=1S/C13H9F3N2O3/c1-7-11(12(20)21)10(19)6-17-18(7)9-4-2-8(3-5-9)13(14,15)16/h2-6H,1H3,(H,20,21). The Bertz CT molecular complexity index is 749. The van der Waals surface area contributed by atoms with Crippen LogP contribution in [0.25, 0.3) is 5.69 Å². The van der Waals surface area contributed by atoms with Crippen molar-refractivity contribution < 1.29 is 23.1 Å². The van der Waals surface area contributed by atoms with Crippen molar-refractivity contribution in [2.45, 2.75) is 13.1 Å². The normalized spacial score (nSPS) is 11.4. The van der Waals surface area contributed by atoms with Gasteiger partial charge in [-0.2, -0.15) is 18.3 Å². The van der Waals surface area contributed by atoms with Gasteiger partial charge in [0, 0.05) is 0 Å². The molecule has 0 bridgehead atoms. The van der Waals surface area contributed by atoms with Gasteiger partial charge in [-0.3, -0.25) is 4.79 Å². The summed E-state index contributed by atoms with van der Waals surface area (Å²) in [6.07, 6.45) is -3.65. The summed E-state index contributed by atoms with van der Waals surface area (Å²) in [7, 11) is 0. The van der Waals surface area contributed by atoms with Crippen LogP contribution in [0.4, 0.5) is 13.2 Å². The average molecular weight is 298 g/mol. The third-order valence-electron chi connectivity index (χ3n) is 2.87. The fourth-order valence-electron chi connectivity index (χ4n) is 1.86. The van der Waals surface area contributed by atoms with Crippen LogP contribution in [0.15, 0.2) is 35.3 Å². The van der Waals surface area contributed by atoms with Crippen LogP contribution in [0.5, 0.6) is 0 Å². The summed E-state index contributed by atoms with van der Waals surface area (Å²) < 4.78 is 38.6. The summed E-state index contributed by atoms with van der Waals surface area (Å²) >= 11 is 0. The van der Waals surface area contributed by atoms with Gasteiger partial charge in [-0.1, -0.05) is 0 Å². The van der Waals surface area contributed by atoms with Crippen LogP contribution in [0.3, 0.4) is 0 Å². The second-order valence-electron chi connectivity index (χ2n) is 4.23. The Balaban J connectivity index is 2.56. The predicted molar refractivity (Wildman–Crippen MR) is 66.5 cm³/mol. The highest BCUT2D eigenvalue weighted by atomic mass is 19.4. The van der Waals surface area contributed by atoms with Crippen LogP contribution in [-0.2, 0) is 6.18 Å². The summed E-state index contributed by atoms with van der Waals surface area (Å²) in [5.41, 5.74) is -1.80. The molecule has 0 aliphatic heterocycles. The Kier molecular flexibility index (Phi) is 3.54. The fraction of sp³-hybridized carbons (Fsp3) is 0.154. The lowest BCUT2D eigenvalue weighted by atomic mass is 10.1. The van der Waals surface area contributed by atoms with Crippen LogP contribution < -0.4 is 5.43 Å². The van der Waals surface area contributed by atoms with Crippen LogP contribution in [0.2, 0.25) is 0 Å². The number of carbonyl (C=O) groups is 1. The average Bonchev–Trinajstić information content (AvgIpc) is 2.37. The molecule has 0 unspecified atom stereocenters. The smallest absolute Gasteiger partial charge is 0.416 e. The van der Waals surface area contributed by atoms with Crippen LogP contribution in [-0.4, -0.2) is 20.9 Å². The minimum absolute atomic E-state index is 0.0368. The highest BCUT2D eigenvalue weighted by Crippen LogP contribution is 2.29. The van der Waals surface area contributed by atoms with Gasteiger partial charge in [-0.15, -0.1) is 0 Å². The van der Waals surface area contributed by atoms with E-state index < -0.39 is 28.7 Å². The molecular formula is C13H9F3N2O3. The summed E-state index contributed by atoms with van der Waals surface area (Å²) in [6.45, 7) is 1.36. The van der Waals surface area contributed by atoms with Gasteiger partial charge in [0.05, 0.1) is 23.1 Å². The van der Waals surface area contributed by atoms with Gasteiger partial charge in [0.2, 0.25) is 5.43 Å². The maximum atomic E-state index is 12.5. The molecule has 0 fully saturated rings. The Morgan fingerprint density at radius 3 is 2.29 bits per heavy atom. The molecule has 5 nitrogen and oxygen atoms in total. The van der Waals surface area contributed by atoms with Crippen molar-refractivity contribution in [1.29, 1.82) is 0 Å². The molecule has 0 aliphatic carbocycles. The molecule has 0 amide bonds. The molecule has 1 N–H and O–H groups in total. The minimum atomic E-state index is -4.46. The Labute approximate surface area is 116 Å². The van der Waals surface area contributed by atoms with Crippen molar-refractivity contribution in [3.05, 3.63) is 57.5 Å². The zero-order valence-corrected chi connectivity index (χ0v) is 10.7. The maximum Gasteiger partial charge on any atom is 0.416 e. The van der Waals surface area contributed by atoms with Crippen molar-refractivity contribution in [3.8, 4) is 5.69 Å². The number of hydrogen-bond donors (Lipinski definition) is 1. The van der Waals surface area contributed by atoms with Crippen molar-refractivity contribution in [2.75, 3.05) is 0 Å². The molecule has 0 saturated heterocycles. The molecule has 1 aromatic heterocycles. The van der Waals surface area contributed by atoms with Crippen molar-refractivity contribution in [3.63, 3.8) is 0 Å². The Morgan fingerprint density at radius 2 is 1.81 bits per heavy atom. The number of rotatable bonds is 2. The van der Waals surface area contributed by atoms with E-state index in [2.05, 4.69) is 5.10 Å². The molecule has 0 aliphatic rings. The molecule has 8 heteroatoms. The lowest BCUT2D eigenvalue weighted by Gasteiger charge is -2.12. The number of nitrogens with zero attached hydrogens (tertiary/aromatic N) is 2. The monoisotopic (exact) mass is 298 g/mol. The van der Waals surface area contributed by atoms with Gasteiger partial charge in [0.1, 0.15) is 5.56 Å². The van der Waals surface area contributed by atoms with Crippen molar-refractivity contribution in [2.24, 2.45) is 0 Å². The van der Waals surface area contributed by atoms with Crippen LogP contribution in [0, 0.1) is 6.92 Å². The Hall–Kier alpha value is -2.64. The quantitative estimate of drug-likeness (QED) is 0.923. The van der Waals surface area contributed by atoms with E-state index >= 15 is 0 Å². The zero-order valence-electron chi connectivity index (χ0n) is 10.7. The third kappa shape index (κ3) is 2.78. The molecule has 0 saturated carbocycles. The van der Waals surface area contributed by atoms with E-state index in [0.717, 1.165) is 35.1 Å². The summed E-state index contributed by atoms with van der Waals surface area (Å²) in [6, 6.07) is 4.02. The first-order valence-corrected chi connectivity index (χ1v) is 5.71. The lowest BCUT2D eigenvalue weighted by Crippen LogP contribution is -2.22. The van der Waals surface area contributed by atoms with Gasteiger partial charge in [0.25, 0.3) is 0 Å². The molecular weight excluding hydrogens is 289 g/mol. The summed E-state index contributed by atoms with van der Waals surface area (Å²) in [4.78, 5) is 22.5. The fourth-order valence-corrected chi connectivity index (χ4v) is 1.86. The molecule has 0 radical (unpaired) electrons. The van der Waals surface area contributed by atoms with E-state index in [1.807, 2.05) is 0 Å². The second-order valence-corrected chi connectivity index (χ2v) is 4.23. The van der Waals surface area contributed by atoms with Crippen molar-refractivity contribution >= 4 is 5.97 Å². The zero-order chi connectivity index (χ0) is 15.8. The predicted octanol–water partition coefficient (Wildman–Crippen LogP) is 2.26. The topological polar surface area (TPSA) is 72.2 Å². The number of hydrogen-bond acceptors (Lipinski definition) is 3. The second kappa shape index (κ2) is 5.04.